The van der Waals surface area contributed by atoms with E-state index in [9.17, 15) is 4.79 Å². The molecule has 0 aliphatic heterocycles. The number of aliphatic carboxylic acids is 1. The first-order valence-corrected chi connectivity index (χ1v) is 6.45. The second-order valence-electron chi connectivity index (χ2n) is 4.68. The molecule has 1 aromatic rings. The van der Waals surface area contributed by atoms with Crippen molar-refractivity contribution in [3.05, 3.63) is 20.3 Å². The van der Waals surface area contributed by atoms with E-state index < -0.39 is 5.97 Å². The van der Waals surface area contributed by atoms with Gasteiger partial charge in [-0.25, -0.2) is 0 Å². The van der Waals surface area contributed by atoms with Crippen molar-refractivity contribution in [2.75, 3.05) is 0 Å². The Bertz CT molecular complexity index is 422. The normalized spacial score (nSPS) is 27.7. The maximum absolute atomic E-state index is 11.1. The Hall–Kier alpha value is -0.350. The summed E-state index contributed by atoms with van der Waals surface area (Å²) in [5.41, 5.74) is -0.106. The highest BCUT2D eigenvalue weighted by atomic mass is 79.9. The summed E-state index contributed by atoms with van der Waals surface area (Å²) >= 11 is 5.20. The fourth-order valence-electron chi connectivity index (χ4n) is 2.30. The molecule has 1 heterocycles. The van der Waals surface area contributed by atoms with Gasteiger partial charge in [0.15, 0.2) is 0 Å². The second kappa shape index (κ2) is 3.32. The average molecular weight is 289 g/mol. The summed E-state index contributed by atoms with van der Waals surface area (Å²) in [6, 6.07) is 2.06. The third-order valence-electron chi connectivity index (χ3n) is 3.21. The minimum Gasteiger partial charge on any atom is -0.481 e. The molecule has 0 aromatic carbocycles. The van der Waals surface area contributed by atoms with E-state index in [2.05, 4.69) is 22.0 Å². The van der Waals surface area contributed by atoms with Crippen molar-refractivity contribution in [3.8, 4) is 0 Å². The summed E-state index contributed by atoms with van der Waals surface area (Å²) in [5, 5.41) is 9.11. The number of halogens is 1. The first-order valence-electron chi connectivity index (χ1n) is 4.84. The molecule has 4 heteroatoms. The van der Waals surface area contributed by atoms with Crippen molar-refractivity contribution in [1.29, 1.82) is 0 Å². The van der Waals surface area contributed by atoms with Crippen molar-refractivity contribution in [1.82, 2.24) is 0 Å². The summed E-state index contributed by atoms with van der Waals surface area (Å²) in [6.07, 6.45) is 0. The van der Waals surface area contributed by atoms with Crippen molar-refractivity contribution in [3.63, 3.8) is 0 Å². The van der Waals surface area contributed by atoms with Gasteiger partial charge in [-0.05, 0) is 34.3 Å². The average Bonchev–Trinajstić information content (AvgIpc) is 2.48. The number of rotatable bonds is 2. The zero-order valence-electron chi connectivity index (χ0n) is 8.87. The number of hydrogen-bond acceptors (Lipinski definition) is 2. The van der Waals surface area contributed by atoms with E-state index in [4.69, 9.17) is 5.11 Å². The van der Waals surface area contributed by atoms with Gasteiger partial charge in [-0.15, -0.1) is 11.3 Å². The van der Waals surface area contributed by atoms with Gasteiger partial charge in [-0.3, -0.25) is 4.79 Å². The molecule has 2 nitrogen and oxygen atoms in total. The van der Waals surface area contributed by atoms with Crippen LogP contribution in [0.5, 0.6) is 0 Å². The molecular formula is C11H13BrO2S. The van der Waals surface area contributed by atoms with E-state index in [1.54, 1.807) is 11.3 Å². The molecule has 2 atom stereocenters. The SMILES string of the molecule is Cc1cc(Br)c([C@H]2[C@H](C(=O)O)C2(C)C)s1. The van der Waals surface area contributed by atoms with E-state index in [1.165, 1.54) is 9.75 Å². The second-order valence-corrected chi connectivity index (χ2v) is 6.83. The lowest BCUT2D eigenvalue weighted by atomic mass is 10.1. The lowest BCUT2D eigenvalue weighted by Gasteiger charge is -1.99. The molecule has 0 radical (unpaired) electrons. The van der Waals surface area contributed by atoms with Crippen LogP contribution in [0.2, 0.25) is 0 Å². The highest BCUT2D eigenvalue weighted by Gasteiger charge is 2.63. The predicted octanol–water partition coefficient (Wildman–Crippen LogP) is 3.64. The molecule has 82 valence electrons. The van der Waals surface area contributed by atoms with Gasteiger partial charge >= 0.3 is 5.97 Å². The van der Waals surface area contributed by atoms with Crippen molar-refractivity contribution in [2.24, 2.45) is 11.3 Å². The molecule has 1 aliphatic rings. The van der Waals surface area contributed by atoms with Gasteiger partial charge in [-0.2, -0.15) is 0 Å². The van der Waals surface area contributed by atoms with Crippen LogP contribution in [0.3, 0.4) is 0 Å². The number of aryl methyl sites for hydroxylation is 1. The molecule has 0 unspecified atom stereocenters. The lowest BCUT2D eigenvalue weighted by molar-refractivity contribution is -0.139. The van der Waals surface area contributed by atoms with Gasteiger partial charge in [0.2, 0.25) is 0 Å². The number of thiophene rings is 1. The Kier molecular flexibility index (Phi) is 2.47. The Morgan fingerprint density at radius 3 is 2.53 bits per heavy atom. The minimum absolute atomic E-state index is 0.106. The summed E-state index contributed by atoms with van der Waals surface area (Å²) in [5.74, 6) is -0.738. The van der Waals surface area contributed by atoms with E-state index in [0.29, 0.717) is 0 Å². The van der Waals surface area contributed by atoms with E-state index >= 15 is 0 Å². The first kappa shape index (κ1) is 11.1. The molecule has 1 fully saturated rings. The number of hydrogen-bond donors (Lipinski definition) is 1. The maximum Gasteiger partial charge on any atom is 0.307 e. The Labute approximate surface area is 101 Å². The van der Waals surface area contributed by atoms with Crippen LogP contribution in [0.25, 0.3) is 0 Å². The molecule has 1 saturated carbocycles. The standard InChI is InChI=1S/C11H13BrO2S/c1-5-4-6(12)9(15-5)7-8(10(13)14)11(7,2)3/h4,7-8H,1-3H3,(H,13,14)/t7-,8-/m1/s1. The summed E-state index contributed by atoms with van der Waals surface area (Å²) in [4.78, 5) is 13.5. The topological polar surface area (TPSA) is 37.3 Å². The fourth-order valence-corrected chi connectivity index (χ4v) is 4.53. The van der Waals surface area contributed by atoms with E-state index in [-0.39, 0.29) is 17.3 Å². The van der Waals surface area contributed by atoms with E-state index in [0.717, 1.165) is 4.47 Å². The van der Waals surface area contributed by atoms with E-state index in [1.807, 2.05) is 20.8 Å². The molecule has 0 bridgehead atoms. The lowest BCUT2D eigenvalue weighted by Crippen LogP contribution is -2.02. The smallest absolute Gasteiger partial charge is 0.307 e. The van der Waals surface area contributed by atoms with Gasteiger partial charge < -0.3 is 5.11 Å². The Morgan fingerprint density at radius 2 is 2.20 bits per heavy atom. The molecule has 0 amide bonds. The Balaban J connectivity index is 2.35. The Morgan fingerprint density at radius 1 is 1.60 bits per heavy atom. The molecule has 15 heavy (non-hydrogen) atoms. The van der Waals surface area contributed by atoms with Gasteiger partial charge in [-0.1, -0.05) is 13.8 Å². The number of carbonyl (C=O) groups is 1. The molecule has 0 saturated heterocycles. The van der Waals surface area contributed by atoms with Gasteiger partial charge in [0.05, 0.1) is 5.92 Å². The van der Waals surface area contributed by atoms with Crippen LogP contribution in [0.15, 0.2) is 10.5 Å². The van der Waals surface area contributed by atoms with Crippen LogP contribution in [0.1, 0.15) is 29.5 Å². The summed E-state index contributed by atoms with van der Waals surface area (Å²) in [6.45, 7) is 6.10. The number of carboxylic acid groups (broad SMARTS) is 1. The zero-order chi connectivity index (χ0) is 11.4. The maximum atomic E-state index is 11.1. The monoisotopic (exact) mass is 288 g/mol. The zero-order valence-corrected chi connectivity index (χ0v) is 11.3. The van der Waals surface area contributed by atoms with Crippen LogP contribution < -0.4 is 0 Å². The molecule has 2 rings (SSSR count). The molecule has 1 N–H and O–H groups in total. The molecule has 1 aromatic heterocycles. The quantitative estimate of drug-likeness (QED) is 0.902. The van der Waals surface area contributed by atoms with Crippen LogP contribution in [0, 0.1) is 18.3 Å². The highest BCUT2D eigenvalue weighted by Crippen LogP contribution is 2.66. The highest BCUT2D eigenvalue weighted by molar-refractivity contribution is 9.10. The minimum atomic E-state index is -0.678. The summed E-state index contributed by atoms with van der Waals surface area (Å²) < 4.78 is 1.06. The van der Waals surface area contributed by atoms with Crippen LogP contribution in [-0.4, -0.2) is 11.1 Å². The molecule has 0 spiro atoms. The van der Waals surface area contributed by atoms with Crippen LogP contribution in [-0.2, 0) is 4.79 Å². The first-order chi connectivity index (χ1) is 6.85. The van der Waals surface area contributed by atoms with Gasteiger partial charge in [0, 0.05) is 20.1 Å². The van der Waals surface area contributed by atoms with Crippen molar-refractivity contribution >= 4 is 33.2 Å². The molecular weight excluding hydrogens is 276 g/mol. The van der Waals surface area contributed by atoms with Gasteiger partial charge in [0.1, 0.15) is 0 Å². The van der Waals surface area contributed by atoms with Crippen LogP contribution in [0.4, 0.5) is 0 Å². The third-order valence-corrected chi connectivity index (χ3v) is 5.26. The van der Waals surface area contributed by atoms with Gasteiger partial charge in [0.25, 0.3) is 0 Å². The van der Waals surface area contributed by atoms with Crippen molar-refractivity contribution < 1.29 is 9.90 Å². The largest absolute Gasteiger partial charge is 0.481 e. The molecule has 1 aliphatic carbocycles. The van der Waals surface area contributed by atoms with Crippen LogP contribution >= 0.6 is 27.3 Å². The summed E-state index contributed by atoms with van der Waals surface area (Å²) in [7, 11) is 0. The third kappa shape index (κ3) is 1.64. The number of carboxylic acids is 1. The fraction of sp³-hybridized carbons (Fsp3) is 0.545. The van der Waals surface area contributed by atoms with Crippen molar-refractivity contribution in [2.45, 2.75) is 26.7 Å². The predicted molar refractivity (Wildman–Crippen MR) is 64.4 cm³/mol.